The number of carbonyl (C=O) groups is 3. The Morgan fingerprint density at radius 1 is 1.00 bits per heavy atom. The third-order valence-electron chi connectivity index (χ3n) is 2.96. The molecule has 0 aliphatic carbocycles. The fourth-order valence-electron chi connectivity index (χ4n) is 1.58. The highest BCUT2D eigenvalue weighted by Gasteiger charge is 2.08. The molecular weight excluding hydrogens is 318 g/mol. The molecule has 0 atom stereocenters. The van der Waals surface area contributed by atoms with Gasteiger partial charge in [-0.25, -0.2) is 9.59 Å². The second kappa shape index (κ2) is 11.8. The third kappa shape index (κ3) is 9.29. The van der Waals surface area contributed by atoms with Gasteiger partial charge in [-0.05, 0) is 37.1 Å². The van der Waals surface area contributed by atoms with Gasteiger partial charge in [-0.2, -0.15) is 0 Å². The first-order valence-corrected chi connectivity index (χ1v) is 7.36. The number of hydrogen-bond donors (Lipinski definition) is 3. The summed E-state index contributed by atoms with van der Waals surface area (Å²) >= 11 is 0. The zero-order valence-corrected chi connectivity index (χ0v) is 13.9. The summed E-state index contributed by atoms with van der Waals surface area (Å²) in [5.74, 6) is -2.30. The molecule has 8 nitrogen and oxygen atoms in total. The Labute approximate surface area is 140 Å². The summed E-state index contributed by atoms with van der Waals surface area (Å²) in [6.45, 7) is 4.15. The molecule has 0 bridgehead atoms. The van der Waals surface area contributed by atoms with Crippen molar-refractivity contribution in [2.45, 2.75) is 32.7 Å². The largest absolute Gasteiger partial charge is 0.497 e. The molecule has 1 amide bonds. The van der Waals surface area contributed by atoms with Crippen LogP contribution in [-0.2, 0) is 14.4 Å². The molecular formula is C16H23NO7. The first kappa shape index (κ1) is 21.2. The summed E-state index contributed by atoms with van der Waals surface area (Å²) in [6, 6.07) is 7.39. The van der Waals surface area contributed by atoms with Gasteiger partial charge in [0.2, 0.25) is 0 Å². The van der Waals surface area contributed by atoms with Crippen LogP contribution >= 0.6 is 0 Å². The zero-order valence-electron chi connectivity index (χ0n) is 13.9. The second-order valence-electron chi connectivity index (χ2n) is 4.66. The fourth-order valence-corrected chi connectivity index (χ4v) is 1.58. The lowest BCUT2D eigenvalue weighted by Gasteiger charge is -2.15. The maximum Gasteiger partial charge on any atom is 0.414 e. The van der Waals surface area contributed by atoms with Crippen LogP contribution in [0.5, 0.6) is 11.5 Å². The van der Waals surface area contributed by atoms with Gasteiger partial charge in [-0.15, -0.1) is 0 Å². The van der Waals surface area contributed by atoms with E-state index in [1.54, 1.807) is 31.4 Å². The number of carboxylic acid groups (broad SMARTS) is 2. The lowest BCUT2D eigenvalue weighted by Crippen LogP contribution is -2.37. The molecule has 0 heterocycles. The minimum atomic E-state index is -1.82. The highest BCUT2D eigenvalue weighted by molar-refractivity contribution is 6.27. The minimum absolute atomic E-state index is 0.0445. The van der Waals surface area contributed by atoms with E-state index < -0.39 is 11.9 Å². The van der Waals surface area contributed by atoms with Crippen LogP contribution in [0, 0.1) is 0 Å². The molecule has 8 heteroatoms. The molecule has 1 rings (SSSR count). The molecule has 0 aliphatic rings. The quantitative estimate of drug-likeness (QED) is 0.643. The van der Waals surface area contributed by atoms with Crippen molar-refractivity contribution in [2.24, 2.45) is 0 Å². The smallest absolute Gasteiger partial charge is 0.414 e. The van der Waals surface area contributed by atoms with Crippen LogP contribution in [0.1, 0.15) is 26.7 Å². The zero-order chi connectivity index (χ0) is 18.5. The van der Waals surface area contributed by atoms with Crippen molar-refractivity contribution < 1.29 is 34.1 Å². The van der Waals surface area contributed by atoms with Crippen LogP contribution in [0.4, 0.5) is 0 Å². The van der Waals surface area contributed by atoms with Crippen LogP contribution in [-0.4, -0.2) is 47.8 Å². The number of benzene rings is 1. The molecule has 1 aromatic carbocycles. The van der Waals surface area contributed by atoms with Gasteiger partial charge in [-0.3, -0.25) is 4.79 Å². The standard InChI is InChI=1S/C14H21NO3.C2H2O4/c1-4-11(5-2)15-14(16)10-18-13-8-6-12(17-3)7-9-13;3-1(4)2(5)6/h6-9,11H,4-5,10H2,1-3H3,(H,15,16);(H,3,4)(H,5,6). The van der Waals surface area contributed by atoms with Gasteiger partial charge >= 0.3 is 11.9 Å². The number of nitrogens with one attached hydrogen (secondary N) is 1. The summed E-state index contributed by atoms with van der Waals surface area (Å²) in [5.41, 5.74) is 0. The second-order valence-corrected chi connectivity index (χ2v) is 4.66. The van der Waals surface area contributed by atoms with E-state index in [0.29, 0.717) is 5.75 Å². The van der Waals surface area contributed by atoms with E-state index in [2.05, 4.69) is 19.2 Å². The number of aliphatic carboxylic acids is 2. The van der Waals surface area contributed by atoms with Crippen molar-refractivity contribution in [3.63, 3.8) is 0 Å². The van der Waals surface area contributed by atoms with E-state index in [0.717, 1.165) is 18.6 Å². The number of hydrogen-bond acceptors (Lipinski definition) is 5. The summed E-state index contributed by atoms with van der Waals surface area (Å²) in [5, 5.41) is 17.7. The molecule has 3 N–H and O–H groups in total. The van der Waals surface area contributed by atoms with Gasteiger partial charge in [0, 0.05) is 6.04 Å². The van der Waals surface area contributed by atoms with Gasteiger partial charge in [0.05, 0.1) is 7.11 Å². The Balaban J connectivity index is 0.000000754. The van der Waals surface area contributed by atoms with Gasteiger partial charge < -0.3 is 25.0 Å². The van der Waals surface area contributed by atoms with Crippen LogP contribution in [0.15, 0.2) is 24.3 Å². The molecule has 0 spiro atoms. The molecule has 0 saturated heterocycles. The highest BCUT2D eigenvalue weighted by Crippen LogP contribution is 2.16. The van der Waals surface area contributed by atoms with Crippen molar-refractivity contribution in [3.8, 4) is 11.5 Å². The molecule has 0 aromatic heterocycles. The van der Waals surface area contributed by atoms with E-state index in [9.17, 15) is 4.79 Å². The van der Waals surface area contributed by atoms with Crippen molar-refractivity contribution in [1.29, 1.82) is 0 Å². The molecule has 24 heavy (non-hydrogen) atoms. The van der Waals surface area contributed by atoms with Gasteiger partial charge in [-0.1, -0.05) is 13.8 Å². The van der Waals surface area contributed by atoms with Crippen LogP contribution < -0.4 is 14.8 Å². The van der Waals surface area contributed by atoms with Gasteiger partial charge in [0.15, 0.2) is 6.61 Å². The molecule has 0 unspecified atom stereocenters. The van der Waals surface area contributed by atoms with Crippen molar-refractivity contribution in [1.82, 2.24) is 5.32 Å². The minimum Gasteiger partial charge on any atom is -0.497 e. The predicted molar refractivity (Wildman–Crippen MR) is 86.3 cm³/mol. The maximum atomic E-state index is 11.6. The van der Waals surface area contributed by atoms with E-state index in [-0.39, 0.29) is 18.6 Å². The molecule has 134 valence electrons. The third-order valence-corrected chi connectivity index (χ3v) is 2.96. The van der Waals surface area contributed by atoms with E-state index in [4.69, 9.17) is 29.3 Å². The monoisotopic (exact) mass is 341 g/mol. The lowest BCUT2D eigenvalue weighted by atomic mass is 10.2. The van der Waals surface area contributed by atoms with Crippen LogP contribution in [0.2, 0.25) is 0 Å². The van der Waals surface area contributed by atoms with Crippen molar-refractivity contribution >= 4 is 17.8 Å². The number of rotatable bonds is 7. The summed E-state index contributed by atoms with van der Waals surface area (Å²) < 4.78 is 10.4. The fraction of sp³-hybridized carbons (Fsp3) is 0.438. The Morgan fingerprint density at radius 2 is 1.46 bits per heavy atom. The lowest BCUT2D eigenvalue weighted by molar-refractivity contribution is -0.159. The van der Waals surface area contributed by atoms with Crippen LogP contribution in [0.3, 0.4) is 0 Å². The molecule has 0 fully saturated rings. The predicted octanol–water partition coefficient (Wildman–Crippen LogP) is 1.53. The van der Waals surface area contributed by atoms with Crippen molar-refractivity contribution in [3.05, 3.63) is 24.3 Å². The Bertz CT molecular complexity index is 512. The van der Waals surface area contributed by atoms with E-state index >= 15 is 0 Å². The number of carboxylic acids is 2. The molecule has 0 aliphatic heterocycles. The maximum absolute atomic E-state index is 11.6. The average Bonchev–Trinajstić information content (AvgIpc) is 2.58. The number of amides is 1. The van der Waals surface area contributed by atoms with Gasteiger partial charge in [0.25, 0.3) is 5.91 Å². The van der Waals surface area contributed by atoms with E-state index in [1.807, 2.05) is 0 Å². The summed E-state index contributed by atoms with van der Waals surface area (Å²) in [7, 11) is 1.61. The molecule has 0 saturated carbocycles. The Hall–Kier alpha value is -2.77. The topological polar surface area (TPSA) is 122 Å². The number of methoxy groups -OCH3 is 1. The van der Waals surface area contributed by atoms with Gasteiger partial charge in [0.1, 0.15) is 11.5 Å². The average molecular weight is 341 g/mol. The first-order chi connectivity index (χ1) is 11.3. The molecule has 1 aromatic rings. The Kier molecular flexibility index (Phi) is 10.4. The molecule has 0 radical (unpaired) electrons. The van der Waals surface area contributed by atoms with E-state index in [1.165, 1.54) is 0 Å². The first-order valence-electron chi connectivity index (χ1n) is 7.36. The SMILES string of the molecule is CCC(CC)NC(=O)COc1ccc(OC)cc1.O=C(O)C(=O)O. The van der Waals surface area contributed by atoms with Crippen LogP contribution in [0.25, 0.3) is 0 Å². The summed E-state index contributed by atoms with van der Waals surface area (Å²) in [6.07, 6.45) is 1.87. The number of ether oxygens (including phenoxy) is 2. The van der Waals surface area contributed by atoms with Crippen molar-refractivity contribution in [2.75, 3.05) is 13.7 Å². The normalized spacial score (nSPS) is 9.50. The summed E-state index contributed by atoms with van der Waals surface area (Å²) in [4.78, 5) is 29.8. The number of carbonyl (C=O) groups excluding carboxylic acids is 1. The highest BCUT2D eigenvalue weighted by atomic mass is 16.5. The Morgan fingerprint density at radius 3 is 1.83 bits per heavy atom.